The van der Waals surface area contributed by atoms with E-state index in [4.69, 9.17) is 4.74 Å². The molecule has 0 N–H and O–H groups in total. The third kappa shape index (κ3) is 3.38. The van der Waals surface area contributed by atoms with Gasteiger partial charge in [0, 0.05) is 50.6 Å². The van der Waals surface area contributed by atoms with Crippen LogP contribution in [0.2, 0.25) is 0 Å². The lowest BCUT2D eigenvalue weighted by atomic mass is 10.1. The number of hydrogen-bond acceptors (Lipinski definition) is 6. The maximum atomic E-state index is 13.1. The average molecular weight is 403 g/mol. The molecule has 1 amide bonds. The zero-order valence-electron chi connectivity index (χ0n) is 16.5. The first-order valence-electron chi connectivity index (χ1n) is 9.92. The van der Waals surface area contributed by atoms with E-state index in [-0.39, 0.29) is 12.0 Å². The first kappa shape index (κ1) is 18.3. The molecule has 30 heavy (non-hydrogen) atoms. The number of aromatic nitrogens is 6. The van der Waals surface area contributed by atoms with Crippen molar-refractivity contribution in [3.05, 3.63) is 66.4 Å². The molecule has 5 heterocycles. The lowest BCUT2D eigenvalue weighted by Crippen LogP contribution is -2.42. The van der Waals surface area contributed by atoms with Crippen LogP contribution in [0.4, 0.5) is 0 Å². The van der Waals surface area contributed by atoms with Gasteiger partial charge in [0.15, 0.2) is 5.82 Å². The molecule has 152 valence electrons. The van der Waals surface area contributed by atoms with Crippen molar-refractivity contribution in [1.29, 1.82) is 0 Å². The molecule has 0 saturated carbocycles. The number of carbonyl (C=O) groups is 1. The highest BCUT2D eigenvalue weighted by Crippen LogP contribution is 2.21. The number of rotatable bonds is 4. The number of imidazole rings is 1. The van der Waals surface area contributed by atoms with Crippen molar-refractivity contribution in [3.63, 3.8) is 0 Å². The van der Waals surface area contributed by atoms with Gasteiger partial charge in [-0.25, -0.2) is 9.67 Å². The van der Waals surface area contributed by atoms with Gasteiger partial charge in [-0.1, -0.05) is 6.07 Å². The second kappa shape index (κ2) is 7.58. The number of ether oxygens (including phenoxy) is 1. The van der Waals surface area contributed by atoms with Crippen molar-refractivity contribution in [2.45, 2.75) is 25.9 Å². The summed E-state index contributed by atoms with van der Waals surface area (Å²) < 4.78 is 9.48. The number of hydrogen-bond donors (Lipinski definition) is 0. The van der Waals surface area contributed by atoms with E-state index in [1.807, 2.05) is 58.9 Å². The third-order valence-electron chi connectivity index (χ3n) is 5.29. The smallest absolute Gasteiger partial charge is 0.272 e. The van der Waals surface area contributed by atoms with E-state index in [1.54, 1.807) is 16.9 Å². The van der Waals surface area contributed by atoms with Crippen LogP contribution in [0.3, 0.4) is 0 Å². The lowest BCUT2D eigenvalue weighted by molar-refractivity contribution is 0.0579. The van der Waals surface area contributed by atoms with Crippen LogP contribution in [-0.2, 0) is 0 Å². The number of aryl methyl sites for hydroxylation is 1. The molecule has 1 aliphatic heterocycles. The van der Waals surface area contributed by atoms with Crippen LogP contribution in [-0.4, -0.2) is 59.4 Å². The van der Waals surface area contributed by atoms with Crippen LogP contribution in [0.25, 0.3) is 11.5 Å². The molecule has 0 spiro atoms. The maximum Gasteiger partial charge on any atom is 0.272 e. The van der Waals surface area contributed by atoms with Gasteiger partial charge < -0.3 is 9.64 Å². The van der Waals surface area contributed by atoms with Crippen molar-refractivity contribution in [1.82, 2.24) is 34.3 Å². The molecule has 9 heteroatoms. The quantitative estimate of drug-likeness (QED) is 0.519. The lowest BCUT2D eigenvalue weighted by Gasteiger charge is -2.31. The van der Waals surface area contributed by atoms with Gasteiger partial charge in [-0.15, -0.1) is 10.2 Å². The Bertz CT molecular complexity index is 1160. The van der Waals surface area contributed by atoms with Crippen LogP contribution in [0.1, 0.15) is 29.0 Å². The third-order valence-corrected chi connectivity index (χ3v) is 5.29. The van der Waals surface area contributed by atoms with Crippen LogP contribution in [0.15, 0.2) is 55.0 Å². The number of pyridine rings is 1. The van der Waals surface area contributed by atoms with E-state index in [0.717, 1.165) is 24.2 Å². The number of amides is 1. The van der Waals surface area contributed by atoms with E-state index in [0.29, 0.717) is 30.5 Å². The first-order chi connectivity index (χ1) is 14.7. The molecule has 0 aliphatic carbocycles. The Hall–Kier alpha value is -3.75. The van der Waals surface area contributed by atoms with E-state index in [1.165, 1.54) is 0 Å². The molecule has 4 aromatic heterocycles. The topological polar surface area (TPSA) is 90.4 Å². The normalized spacial score (nSPS) is 14.9. The van der Waals surface area contributed by atoms with Gasteiger partial charge in [-0.2, -0.15) is 5.10 Å². The minimum Gasteiger partial charge on any atom is -0.473 e. The molecule has 1 fully saturated rings. The van der Waals surface area contributed by atoms with Crippen LogP contribution < -0.4 is 4.74 Å². The molecule has 0 radical (unpaired) electrons. The summed E-state index contributed by atoms with van der Waals surface area (Å²) in [6, 6.07) is 11.2. The zero-order chi connectivity index (χ0) is 20.5. The fourth-order valence-corrected chi connectivity index (χ4v) is 3.77. The van der Waals surface area contributed by atoms with E-state index in [9.17, 15) is 4.79 Å². The second-order valence-corrected chi connectivity index (χ2v) is 7.26. The average Bonchev–Trinajstić information content (AvgIpc) is 3.42. The molecule has 0 atom stereocenters. The maximum absolute atomic E-state index is 13.1. The molecule has 9 nitrogen and oxygen atoms in total. The Morgan fingerprint density at radius 1 is 1.07 bits per heavy atom. The number of likely N-dealkylation sites (tertiary alicyclic amines) is 1. The minimum absolute atomic E-state index is 0.00202. The van der Waals surface area contributed by atoms with Crippen LogP contribution >= 0.6 is 0 Å². The first-order valence-corrected chi connectivity index (χ1v) is 9.92. The summed E-state index contributed by atoms with van der Waals surface area (Å²) in [5.74, 6) is 1.12. The van der Waals surface area contributed by atoms with Crippen molar-refractivity contribution in [3.8, 4) is 11.7 Å². The molecular weight excluding hydrogens is 382 g/mol. The fourth-order valence-electron chi connectivity index (χ4n) is 3.77. The van der Waals surface area contributed by atoms with Gasteiger partial charge in [0.2, 0.25) is 5.88 Å². The van der Waals surface area contributed by atoms with E-state index >= 15 is 0 Å². The molecule has 1 aliphatic rings. The Morgan fingerprint density at radius 3 is 2.67 bits per heavy atom. The zero-order valence-corrected chi connectivity index (χ0v) is 16.5. The predicted octanol–water partition coefficient (Wildman–Crippen LogP) is 2.30. The van der Waals surface area contributed by atoms with Gasteiger partial charge in [-0.3, -0.25) is 9.20 Å². The summed E-state index contributed by atoms with van der Waals surface area (Å²) in [4.78, 5) is 19.5. The Morgan fingerprint density at radius 2 is 1.93 bits per heavy atom. The van der Waals surface area contributed by atoms with Gasteiger partial charge in [0.05, 0.1) is 5.69 Å². The highest BCUT2D eigenvalue weighted by Gasteiger charge is 2.28. The van der Waals surface area contributed by atoms with Crippen molar-refractivity contribution >= 4 is 11.6 Å². The highest BCUT2D eigenvalue weighted by molar-refractivity contribution is 5.94. The molecule has 0 aromatic carbocycles. The molecule has 1 saturated heterocycles. The number of carbonyl (C=O) groups excluding carboxylic acids is 1. The summed E-state index contributed by atoms with van der Waals surface area (Å²) in [5.41, 5.74) is 2.16. The van der Waals surface area contributed by atoms with Gasteiger partial charge in [0.25, 0.3) is 5.91 Å². The number of piperidine rings is 1. The van der Waals surface area contributed by atoms with Crippen LogP contribution in [0, 0.1) is 6.92 Å². The monoisotopic (exact) mass is 403 g/mol. The Kier molecular flexibility index (Phi) is 4.62. The molecular formula is C21H21N7O2. The molecule has 0 unspecified atom stereocenters. The van der Waals surface area contributed by atoms with Crippen molar-refractivity contribution in [2.24, 2.45) is 0 Å². The molecule has 5 rings (SSSR count). The van der Waals surface area contributed by atoms with Crippen molar-refractivity contribution < 1.29 is 9.53 Å². The van der Waals surface area contributed by atoms with E-state index < -0.39 is 0 Å². The molecule has 0 bridgehead atoms. The SMILES string of the molecule is Cc1nc2ccccn2c1C(=O)N1CCC(Oc2ccc(-n3cccn3)nn2)CC1. The summed E-state index contributed by atoms with van der Waals surface area (Å²) in [5, 5.41) is 12.4. The Labute approximate surface area is 172 Å². The highest BCUT2D eigenvalue weighted by atomic mass is 16.5. The standard InChI is InChI=1S/C21H21N7O2/c1-15-20(27-11-3-2-5-17(27)23-15)21(29)26-13-8-16(9-14-26)30-19-7-6-18(24-25-19)28-12-4-10-22-28/h2-7,10-12,16H,8-9,13-14H2,1H3. The van der Waals surface area contributed by atoms with Crippen molar-refractivity contribution in [2.75, 3.05) is 13.1 Å². The summed E-state index contributed by atoms with van der Waals surface area (Å²) >= 11 is 0. The predicted molar refractivity (Wildman–Crippen MR) is 109 cm³/mol. The van der Waals surface area contributed by atoms with Gasteiger partial charge >= 0.3 is 0 Å². The minimum atomic E-state index is 0.00202. The fraction of sp³-hybridized carbons (Fsp3) is 0.286. The van der Waals surface area contributed by atoms with E-state index in [2.05, 4.69) is 20.3 Å². The van der Waals surface area contributed by atoms with Crippen LogP contribution in [0.5, 0.6) is 5.88 Å². The second-order valence-electron chi connectivity index (χ2n) is 7.26. The Balaban J connectivity index is 1.22. The summed E-state index contributed by atoms with van der Waals surface area (Å²) in [6.45, 7) is 3.13. The van der Waals surface area contributed by atoms with Gasteiger partial charge in [0.1, 0.15) is 17.4 Å². The number of fused-ring (bicyclic) bond motifs is 1. The molecule has 4 aromatic rings. The summed E-state index contributed by atoms with van der Waals surface area (Å²) in [6.07, 6.45) is 6.86. The largest absolute Gasteiger partial charge is 0.473 e. The van der Waals surface area contributed by atoms with Gasteiger partial charge in [-0.05, 0) is 31.2 Å². The number of nitrogens with zero attached hydrogens (tertiary/aromatic N) is 7. The summed E-state index contributed by atoms with van der Waals surface area (Å²) in [7, 11) is 0.